The predicted octanol–water partition coefficient (Wildman–Crippen LogP) is -5.22. The maximum absolute atomic E-state index is 8.34. The Balaban J connectivity index is -0.000000245. The van der Waals surface area contributed by atoms with Crippen LogP contribution >= 0.6 is 0 Å². The minimum Gasteiger partial charge on any atom is -1.00 e. The molecule has 0 spiro atoms. The van der Waals surface area contributed by atoms with Gasteiger partial charge in [0.25, 0.3) is 0 Å². The molecular formula is C4H12LiNO3. The molecule has 5 heteroatoms. The van der Waals surface area contributed by atoms with Crippen LogP contribution in [0.15, 0.2) is 0 Å². The van der Waals surface area contributed by atoms with E-state index in [1.165, 1.54) is 0 Å². The van der Waals surface area contributed by atoms with E-state index in [0.29, 0.717) is 0 Å². The van der Waals surface area contributed by atoms with E-state index in [1.807, 2.05) is 0 Å². The first kappa shape index (κ1) is 12.1. The van der Waals surface area contributed by atoms with Gasteiger partial charge in [0.2, 0.25) is 0 Å². The third kappa shape index (κ3) is 3.93. The third-order valence-corrected chi connectivity index (χ3v) is 0.945. The molecule has 0 rings (SSSR count). The molecular weight excluding hydrogens is 117 g/mol. The van der Waals surface area contributed by atoms with Gasteiger partial charge >= 0.3 is 18.9 Å². The van der Waals surface area contributed by atoms with Gasteiger partial charge in [-0.3, -0.25) is 0 Å². The van der Waals surface area contributed by atoms with Gasteiger partial charge in [-0.25, -0.2) is 0 Å². The first-order valence-electron chi connectivity index (χ1n) is 2.30. The van der Waals surface area contributed by atoms with Crippen molar-refractivity contribution in [2.24, 2.45) is 5.73 Å². The van der Waals surface area contributed by atoms with Crippen LogP contribution in [0.25, 0.3) is 0 Å². The van der Waals surface area contributed by atoms with Crippen LogP contribution in [0.2, 0.25) is 0 Å². The van der Waals surface area contributed by atoms with E-state index >= 15 is 0 Å². The molecule has 0 aromatic heterocycles. The Labute approximate surface area is 67.3 Å². The standard InChI is InChI=1S/C4H11NO3.Li.H/c5-4(1-6,2-7)3-8;;/h6-8H,1-3,5H2;;/q;+1;-1. The van der Waals surface area contributed by atoms with Crippen molar-refractivity contribution < 1.29 is 35.6 Å². The van der Waals surface area contributed by atoms with Gasteiger partial charge in [-0.1, -0.05) is 0 Å². The van der Waals surface area contributed by atoms with Gasteiger partial charge in [-0.2, -0.15) is 0 Å². The summed E-state index contributed by atoms with van der Waals surface area (Å²) in [5.41, 5.74) is 3.94. The van der Waals surface area contributed by atoms with Crippen LogP contribution < -0.4 is 24.6 Å². The zero-order chi connectivity index (χ0) is 6.62. The zero-order valence-electron chi connectivity index (χ0n) is 6.54. The largest absolute Gasteiger partial charge is 1.00 e. The van der Waals surface area contributed by atoms with Gasteiger partial charge < -0.3 is 22.5 Å². The van der Waals surface area contributed by atoms with Crippen molar-refractivity contribution in [2.75, 3.05) is 19.8 Å². The summed E-state index contributed by atoms with van der Waals surface area (Å²) in [5, 5.41) is 25.0. The molecule has 0 aliphatic heterocycles. The van der Waals surface area contributed by atoms with E-state index in [0.717, 1.165) is 0 Å². The normalized spacial score (nSPS) is 10.7. The fraction of sp³-hybridized carbons (Fsp3) is 1.00. The average molecular weight is 129 g/mol. The molecule has 0 heterocycles. The second-order valence-corrected chi connectivity index (χ2v) is 1.84. The van der Waals surface area contributed by atoms with E-state index in [9.17, 15) is 0 Å². The monoisotopic (exact) mass is 129 g/mol. The molecule has 0 aliphatic rings. The Kier molecular flexibility index (Phi) is 7.07. The molecule has 0 bridgehead atoms. The van der Waals surface area contributed by atoms with Crippen LogP contribution in [0, 0.1) is 0 Å². The average Bonchev–Trinajstić information content (AvgIpc) is 1.87. The maximum Gasteiger partial charge on any atom is 1.00 e. The molecule has 4 nitrogen and oxygen atoms in total. The van der Waals surface area contributed by atoms with Gasteiger partial charge in [0.1, 0.15) is 0 Å². The summed E-state index contributed by atoms with van der Waals surface area (Å²) in [6.07, 6.45) is 0. The summed E-state index contributed by atoms with van der Waals surface area (Å²) in [6.45, 7) is -1.21. The molecule has 0 atom stereocenters. The van der Waals surface area contributed by atoms with Crippen LogP contribution in [0.3, 0.4) is 0 Å². The Bertz CT molecular complexity index is 63.3. The van der Waals surface area contributed by atoms with Gasteiger partial charge in [0.15, 0.2) is 0 Å². The molecule has 0 aromatic carbocycles. The third-order valence-electron chi connectivity index (χ3n) is 0.945. The number of rotatable bonds is 3. The van der Waals surface area contributed by atoms with Crippen molar-refractivity contribution >= 4 is 0 Å². The second-order valence-electron chi connectivity index (χ2n) is 1.84. The molecule has 52 valence electrons. The molecule has 0 amide bonds. The fourth-order valence-corrected chi connectivity index (χ4v) is 0.150. The topological polar surface area (TPSA) is 86.7 Å². The quantitative estimate of drug-likeness (QED) is 0.287. The molecule has 0 fully saturated rings. The minimum atomic E-state index is -1.21. The van der Waals surface area contributed by atoms with E-state index in [2.05, 4.69) is 0 Å². The molecule has 0 aromatic rings. The number of aliphatic hydroxyl groups excluding tert-OH is 3. The fourth-order valence-electron chi connectivity index (χ4n) is 0.150. The molecule has 9 heavy (non-hydrogen) atoms. The Morgan fingerprint density at radius 1 is 1.11 bits per heavy atom. The van der Waals surface area contributed by atoms with Crippen LogP contribution in [0.4, 0.5) is 0 Å². The second kappa shape index (κ2) is 5.24. The molecule has 0 aliphatic carbocycles. The molecule has 0 unspecified atom stereocenters. The van der Waals surface area contributed by atoms with Crippen LogP contribution in [0.1, 0.15) is 1.43 Å². The van der Waals surface area contributed by atoms with Crippen LogP contribution in [-0.2, 0) is 0 Å². The zero-order valence-corrected chi connectivity index (χ0v) is 5.54. The summed E-state index contributed by atoms with van der Waals surface area (Å²) in [6, 6.07) is 0. The molecule has 0 saturated carbocycles. The summed E-state index contributed by atoms with van der Waals surface area (Å²) >= 11 is 0. The van der Waals surface area contributed by atoms with Gasteiger partial charge in [0.05, 0.1) is 25.4 Å². The molecule has 5 N–H and O–H groups in total. The van der Waals surface area contributed by atoms with Crippen molar-refractivity contribution in [1.82, 2.24) is 0 Å². The van der Waals surface area contributed by atoms with E-state index in [4.69, 9.17) is 21.1 Å². The predicted molar refractivity (Wildman–Crippen MR) is 29.3 cm³/mol. The van der Waals surface area contributed by atoms with Crippen molar-refractivity contribution in [3.63, 3.8) is 0 Å². The van der Waals surface area contributed by atoms with Crippen molar-refractivity contribution in [2.45, 2.75) is 5.54 Å². The number of nitrogens with two attached hydrogens (primary N) is 1. The number of hydrogen-bond acceptors (Lipinski definition) is 4. The van der Waals surface area contributed by atoms with E-state index < -0.39 is 25.4 Å². The Morgan fingerprint density at radius 2 is 1.33 bits per heavy atom. The van der Waals surface area contributed by atoms with Crippen molar-refractivity contribution in [3.8, 4) is 0 Å². The smallest absolute Gasteiger partial charge is 1.00 e. The van der Waals surface area contributed by atoms with Gasteiger partial charge in [-0.05, 0) is 0 Å². The Morgan fingerprint density at radius 3 is 1.33 bits per heavy atom. The first-order chi connectivity index (χ1) is 3.68. The Hall–Kier alpha value is 0.437. The van der Waals surface area contributed by atoms with Crippen molar-refractivity contribution in [1.29, 1.82) is 0 Å². The van der Waals surface area contributed by atoms with Crippen LogP contribution in [-0.4, -0.2) is 40.7 Å². The van der Waals surface area contributed by atoms with Gasteiger partial charge in [0, 0.05) is 0 Å². The summed E-state index contributed by atoms with van der Waals surface area (Å²) in [4.78, 5) is 0. The van der Waals surface area contributed by atoms with E-state index in [-0.39, 0.29) is 20.3 Å². The van der Waals surface area contributed by atoms with Gasteiger partial charge in [-0.15, -0.1) is 0 Å². The minimum absolute atomic E-state index is 0. The molecule has 0 saturated heterocycles. The first-order valence-corrected chi connectivity index (χ1v) is 2.30. The van der Waals surface area contributed by atoms with E-state index in [1.54, 1.807) is 0 Å². The van der Waals surface area contributed by atoms with Crippen LogP contribution in [0.5, 0.6) is 0 Å². The summed E-state index contributed by atoms with van der Waals surface area (Å²) < 4.78 is 0. The SMILES string of the molecule is NC(CO)(CO)CO.[H-].[Li+]. The van der Waals surface area contributed by atoms with Crippen molar-refractivity contribution in [3.05, 3.63) is 0 Å². The maximum atomic E-state index is 8.34. The number of hydrogen-bond donors (Lipinski definition) is 4. The summed E-state index contributed by atoms with van der Waals surface area (Å²) in [7, 11) is 0. The molecule has 0 radical (unpaired) electrons. The number of aliphatic hydroxyl groups is 3. The summed E-state index contributed by atoms with van der Waals surface area (Å²) in [5.74, 6) is 0.